The normalized spacial score (nSPS) is 44.8. The molecule has 0 bridgehead atoms. The van der Waals surface area contributed by atoms with Gasteiger partial charge in [-0.1, -0.05) is 27.2 Å². The summed E-state index contributed by atoms with van der Waals surface area (Å²) in [4.78, 5) is 2.77. The van der Waals surface area contributed by atoms with E-state index in [1.165, 1.54) is 38.6 Å². The minimum Gasteiger partial charge on any atom is -0.329 e. The van der Waals surface area contributed by atoms with Crippen molar-refractivity contribution in [1.29, 1.82) is 0 Å². The average Bonchev–Trinajstić information content (AvgIpc) is 2.32. The van der Waals surface area contributed by atoms with Gasteiger partial charge in [0, 0.05) is 18.6 Å². The topological polar surface area (TPSA) is 29.3 Å². The number of hydrogen-bond donors (Lipinski definition) is 1. The van der Waals surface area contributed by atoms with Crippen molar-refractivity contribution in [3.63, 3.8) is 0 Å². The predicted molar refractivity (Wildman–Crippen MR) is 73.9 cm³/mol. The summed E-state index contributed by atoms with van der Waals surface area (Å²) in [6, 6.07) is 1.44. The first-order valence-corrected chi connectivity index (χ1v) is 7.59. The summed E-state index contributed by atoms with van der Waals surface area (Å²) in [6.45, 7) is 9.39. The van der Waals surface area contributed by atoms with Crippen LogP contribution >= 0.6 is 0 Å². The molecule has 5 atom stereocenters. The molecule has 1 heterocycles. The van der Waals surface area contributed by atoms with Crippen molar-refractivity contribution in [2.45, 2.75) is 65.0 Å². The monoisotopic (exact) mass is 238 g/mol. The second-order valence-electron chi connectivity index (χ2n) is 6.62. The summed E-state index contributed by atoms with van der Waals surface area (Å²) >= 11 is 0. The van der Waals surface area contributed by atoms with Crippen LogP contribution in [0.3, 0.4) is 0 Å². The van der Waals surface area contributed by atoms with Crippen LogP contribution in [0.1, 0.15) is 52.9 Å². The van der Waals surface area contributed by atoms with E-state index >= 15 is 0 Å². The van der Waals surface area contributed by atoms with Gasteiger partial charge in [-0.25, -0.2) is 0 Å². The maximum atomic E-state index is 6.03. The van der Waals surface area contributed by atoms with Gasteiger partial charge in [-0.3, -0.25) is 4.90 Å². The highest BCUT2D eigenvalue weighted by molar-refractivity contribution is 4.91. The molecule has 1 aliphatic heterocycles. The Morgan fingerprint density at radius 1 is 1.06 bits per heavy atom. The van der Waals surface area contributed by atoms with Crippen molar-refractivity contribution >= 4 is 0 Å². The Kier molecular flexibility index (Phi) is 4.48. The third kappa shape index (κ3) is 2.85. The molecule has 2 rings (SSSR count). The Morgan fingerprint density at radius 2 is 1.82 bits per heavy atom. The van der Waals surface area contributed by atoms with E-state index in [2.05, 4.69) is 25.7 Å². The summed E-state index contributed by atoms with van der Waals surface area (Å²) in [7, 11) is 0. The SMILES string of the molecule is CC1CCC(C)C(N2CCCC(C)C2CN)C1. The highest BCUT2D eigenvalue weighted by atomic mass is 15.2. The van der Waals surface area contributed by atoms with Gasteiger partial charge in [-0.05, 0) is 50.0 Å². The van der Waals surface area contributed by atoms with Crippen LogP contribution in [0, 0.1) is 17.8 Å². The molecular weight excluding hydrogens is 208 g/mol. The van der Waals surface area contributed by atoms with Crippen molar-refractivity contribution < 1.29 is 0 Å². The molecule has 0 aromatic carbocycles. The zero-order chi connectivity index (χ0) is 12.4. The molecule has 1 saturated carbocycles. The summed E-state index contributed by atoms with van der Waals surface area (Å²) in [5.74, 6) is 2.57. The van der Waals surface area contributed by atoms with Crippen molar-refractivity contribution in [2.24, 2.45) is 23.5 Å². The summed E-state index contributed by atoms with van der Waals surface area (Å²) < 4.78 is 0. The van der Waals surface area contributed by atoms with E-state index in [1.807, 2.05) is 0 Å². The fourth-order valence-electron chi connectivity index (χ4n) is 4.02. The Bertz CT molecular complexity index is 241. The summed E-state index contributed by atoms with van der Waals surface area (Å²) in [5, 5.41) is 0. The molecule has 17 heavy (non-hydrogen) atoms. The minimum absolute atomic E-state index is 0.640. The second-order valence-corrected chi connectivity index (χ2v) is 6.62. The third-order valence-corrected chi connectivity index (χ3v) is 5.24. The van der Waals surface area contributed by atoms with Gasteiger partial charge in [0.05, 0.1) is 0 Å². The van der Waals surface area contributed by atoms with Gasteiger partial charge in [-0.15, -0.1) is 0 Å². The Labute approximate surface area is 107 Å². The first kappa shape index (κ1) is 13.4. The number of rotatable bonds is 2. The van der Waals surface area contributed by atoms with Crippen molar-refractivity contribution in [2.75, 3.05) is 13.1 Å². The van der Waals surface area contributed by atoms with E-state index < -0.39 is 0 Å². The molecule has 0 radical (unpaired) electrons. The lowest BCUT2D eigenvalue weighted by atomic mass is 9.77. The van der Waals surface area contributed by atoms with Crippen molar-refractivity contribution in [3.8, 4) is 0 Å². The molecule has 0 spiro atoms. The van der Waals surface area contributed by atoms with E-state index in [9.17, 15) is 0 Å². The molecule has 2 N–H and O–H groups in total. The van der Waals surface area contributed by atoms with Gasteiger partial charge < -0.3 is 5.73 Å². The van der Waals surface area contributed by atoms with Crippen LogP contribution in [-0.4, -0.2) is 30.1 Å². The van der Waals surface area contributed by atoms with Crippen molar-refractivity contribution in [3.05, 3.63) is 0 Å². The Morgan fingerprint density at radius 3 is 2.53 bits per heavy atom. The summed E-state index contributed by atoms with van der Waals surface area (Å²) in [5.41, 5.74) is 6.03. The molecule has 2 fully saturated rings. The molecular formula is C15H30N2. The molecule has 1 aliphatic carbocycles. The van der Waals surface area contributed by atoms with Crippen LogP contribution in [0.25, 0.3) is 0 Å². The van der Waals surface area contributed by atoms with E-state index in [0.29, 0.717) is 6.04 Å². The van der Waals surface area contributed by atoms with Gasteiger partial charge in [0.2, 0.25) is 0 Å². The van der Waals surface area contributed by atoms with E-state index in [-0.39, 0.29) is 0 Å². The number of nitrogens with zero attached hydrogens (tertiary/aromatic N) is 1. The lowest BCUT2D eigenvalue weighted by molar-refractivity contribution is 0.0109. The molecule has 2 nitrogen and oxygen atoms in total. The van der Waals surface area contributed by atoms with Gasteiger partial charge in [0.15, 0.2) is 0 Å². The average molecular weight is 238 g/mol. The first-order chi connectivity index (χ1) is 8.13. The molecule has 2 heteroatoms. The van der Waals surface area contributed by atoms with Crippen LogP contribution in [0.2, 0.25) is 0 Å². The van der Waals surface area contributed by atoms with Crippen LogP contribution in [0.4, 0.5) is 0 Å². The maximum absolute atomic E-state index is 6.03. The quantitative estimate of drug-likeness (QED) is 0.801. The molecule has 1 saturated heterocycles. The smallest absolute Gasteiger partial charge is 0.0247 e. The number of piperidine rings is 1. The minimum atomic E-state index is 0.640. The molecule has 0 aromatic heterocycles. The number of likely N-dealkylation sites (tertiary alicyclic amines) is 1. The van der Waals surface area contributed by atoms with Gasteiger partial charge in [-0.2, -0.15) is 0 Å². The maximum Gasteiger partial charge on any atom is 0.0247 e. The fraction of sp³-hybridized carbons (Fsp3) is 1.00. The Hall–Kier alpha value is -0.0800. The lowest BCUT2D eigenvalue weighted by Crippen LogP contribution is -2.56. The van der Waals surface area contributed by atoms with Gasteiger partial charge in [0.25, 0.3) is 0 Å². The summed E-state index contributed by atoms with van der Waals surface area (Å²) in [6.07, 6.45) is 6.97. The molecule has 0 amide bonds. The predicted octanol–water partition coefficient (Wildman–Crippen LogP) is 2.87. The zero-order valence-corrected chi connectivity index (χ0v) is 11.9. The van der Waals surface area contributed by atoms with Gasteiger partial charge >= 0.3 is 0 Å². The largest absolute Gasteiger partial charge is 0.329 e. The third-order valence-electron chi connectivity index (χ3n) is 5.24. The molecule has 5 unspecified atom stereocenters. The first-order valence-electron chi connectivity index (χ1n) is 7.59. The van der Waals surface area contributed by atoms with Crippen LogP contribution in [0.5, 0.6) is 0 Å². The highest BCUT2D eigenvalue weighted by Crippen LogP contribution is 2.36. The van der Waals surface area contributed by atoms with E-state index in [4.69, 9.17) is 5.73 Å². The van der Waals surface area contributed by atoms with Crippen LogP contribution < -0.4 is 5.73 Å². The molecule has 0 aromatic rings. The zero-order valence-electron chi connectivity index (χ0n) is 11.9. The Balaban J connectivity index is 2.07. The number of nitrogens with two attached hydrogens (primary N) is 1. The fourth-order valence-corrected chi connectivity index (χ4v) is 4.02. The highest BCUT2D eigenvalue weighted by Gasteiger charge is 2.37. The lowest BCUT2D eigenvalue weighted by Gasteiger charge is -2.48. The second kappa shape index (κ2) is 5.71. The van der Waals surface area contributed by atoms with Crippen LogP contribution in [-0.2, 0) is 0 Å². The molecule has 2 aliphatic rings. The van der Waals surface area contributed by atoms with E-state index in [1.54, 1.807) is 0 Å². The molecule has 100 valence electrons. The number of hydrogen-bond acceptors (Lipinski definition) is 2. The van der Waals surface area contributed by atoms with Crippen molar-refractivity contribution in [1.82, 2.24) is 4.90 Å². The van der Waals surface area contributed by atoms with E-state index in [0.717, 1.165) is 30.3 Å². The van der Waals surface area contributed by atoms with Gasteiger partial charge in [0.1, 0.15) is 0 Å². The van der Waals surface area contributed by atoms with Crippen LogP contribution in [0.15, 0.2) is 0 Å². The standard InChI is InChI=1S/C15H30N2/c1-11-6-7-13(3)14(9-11)17-8-4-5-12(2)15(17)10-16/h11-15H,4-10,16H2,1-3H3.